The predicted molar refractivity (Wildman–Crippen MR) is 69.1 cm³/mol. The molecule has 0 saturated carbocycles. The van der Waals surface area contributed by atoms with Gasteiger partial charge in [0.15, 0.2) is 0 Å². The molecule has 0 aliphatic heterocycles. The Morgan fingerprint density at radius 3 is 2.71 bits per heavy atom. The quantitative estimate of drug-likeness (QED) is 0.822. The van der Waals surface area contributed by atoms with Gasteiger partial charge in [-0.3, -0.25) is 4.79 Å². The molecular weight excluding hydrogens is 214 g/mol. The zero-order chi connectivity index (χ0) is 12.8. The maximum atomic E-state index is 11.8. The third kappa shape index (κ3) is 4.57. The first-order valence-electron chi connectivity index (χ1n) is 5.94. The van der Waals surface area contributed by atoms with Crippen LogP contribution in [0.15, 0.2) is 24.3 Å². The number of nitrogens with two attached hydrogens (primary N) is 1. The van der Waals surface area contributed by atoms with E-state index in [1.165, 1.54) is 0 Å². The maximum absolute atomic E-state index is 11.8. The monoisotopic (exact) mass is 235 g/mol. The first-order chi connectivity index (χ1) is 8.02. The Kier molecular flexibility index (Phi) is 5.16. The number of rotatable bonds is 6. The van der Waals surface area contributed by atoms with Crippen LogP contribution in [0.2, 0.25) is 0 Å². The van der Waals surface area contributed by atoms with Crippen molar-refractivity contribution in [3.63, 3.8) is 0 Å². The Morgan fingerprint density at radius 1 is 1.41 bits per heavy atom. The molecule has 0 bridgehead atoms. The van der Waals surface area contributed by atoms with E-state index in [0.29, 0.717) is 18.8 Å². The number of ether oxygens (including phenoxy) is 1. The van der Waals surface area contributed by atoms with E-state index in [1.807, 2.05) is 38.1 Å². The number of carbonyl (C=O) groups excluding carboxylic acids is 1. The predicted octanol–water partition coefficient (Wildman–Crippen LogP) is 2.18. The number of carbonyl (C=O) groups is 1. The van der Waals surface area contributed by atoms with E-state index in [9.17, 15) is 4.79 Å². The van der Waals surface area contributed by atoms with Crippen LogP contribution in [0.25, 0.3) is 0 Å². The van der Waals surface area contributed by atoms with Crippen LogP contribution in [-0.2, 0) is 11.2 Å². The highest BCUT2D eigenvalue weighted by molar-refractivity contribution is 5.84. The van der Waals surface area contributed by atoms with Gasteiger partial charge in [0, 0.05) is 6.42 Å². The number of ketones is 1. The van der Waals surface area contributed by atoms with Gasteiger partial charge in [0.1, 0.15) is 11.5 Å². The van der Waals surface area contributed by atoms with E-state index in [0.717, 1.165) is 11.3 Å². The lowest BCUT2D eigenvalue weighted by molar-refractivity contribution is -0.120. The van der Waals surface area contributed by atoms with Crippen LogP contribution in [0.4, 0.5) is 0 Å². The van der Waals surface area contributed by atoms with Crippen molar-refractivity contribution in [3.05, 3.63) is 29.8 Å². The summed E-state index contributed by atoms with van der Waals surface area (Å²) in [7, 11) is 1.63. The second-order valence-electron chi connectivity index (χ2n) is 4.73. The van der Waals surface area contributed by atoms with E-state index >= 15 is 0 Å². The number of hydrogen-bond donors (Lipinski definition) is 1. The van der Waals surface area contributed by atoms with Gasteiger partial charge in [-0.05, 0) is 30.0 Å². The van der Waals surface area contributed by atoms with Crippen LogP contribution < -0.4 is 10.5 Å². The molecule has 0 aromatic heterocycles. The summed E-state index contributed by atoms with van der Waals surface area (Å²) >= 11 is 0. The Bertz CT molecular complexity index is 374. The van der Waals surface area contributed by atoms with Crippen LogP contribution in [-0.4, -0.2) is 18.9 Å². The van der Waals surface area contributed by atoms with Crippen molar-refractivity contribution in [3.8, 4) is 5.75 Å². The molecule has 1 atom stereocenters. The fraction of sp³-hybridized carbons (Fsp3) is 0.500. The normalized spacial score (nSPS) is 12.5. The highest BCUT2D eigenvalue weighted by Crippen LogP contribution is 2.14. The lowest BCUT2D eigenvalue weighted by Gasteiger charge is -2.12. The van der Waals surface area contributed by atoms with Crippen LogP contribution in [0.5, 0.6) is 5.75 Å². The highest BCUT2D eigenvalue weighted by atomic mass is 16.5. The van der Waals surface area contributed by atoms with Gasteiger partial charge in [-0.1, -0.05) is 26.0 Å². The molecule has 1 rings (SSSR count). The van der Waals surface area contributed by atoms with Gasteiger partial charge in [0.2, 0.25) is 0 Å². The molecule has 3 nitrogen and oxygen atoms in total. The number of benzene rings is 1. The van der Waals surface area contributed by atoms with Gasteiger partial charge in [0.25, 0.3) is 0 Å². The smallest absolute Gasteiger partial charge is 0.150 e. The van der Waals surface area contributed by atoms with Crippen molar-refractivity contribution in [1.82, 2.24) is 0 Å². The summed E-state index contributed by atoms with van der Waals surface area (Å²) in [6.45, 7) is 4.05. The zero-order valence-electron chi connectivity index (χ0n) is 10.8. The molecule has 0 fully saturated rings. The van der Waals surface area contributed by atoms with Crippen molar-refractivity contribution in [1.29, 1.82) is 0 Å². The molecule has 0 saturated heterocycles. The summed E-state index contributed by atoms with van der Waals surface area (Å²) in [5.74, 6) is 1.28. The Labute approximate surface area is 103 Å². The first-order valence-corrected chi connectivity index (χ1v) is 5.94. The number of Topliss-reactive ketones (excluding diaryl/α,β-unsaturated/α-hetero) is 1. The van der Waals surface area contributed by atoms with Crippen molar-refractivity contribution < 1.29 is 9.53 Å². The van der Waals surface area contributed by atoms with Gasteiger partial charge >= 0.3 is 0 Å². The van der Waals surface area contributed by atoms with Gasteiger partial charge < -0.3 is 10.5 Å². The topological polar surface area (TPSA) is 52.3 Å². The zero-order valence-corrected chi connectivity index (χ0v) is 10.8. The molecule has 0 amide bonds. The maximum Gasteiger partial charge on any atom is 0.150 e. The summed E-state index contributed by atoms with van der Waals surface area (Å²) < 4.78 is 5.14. The Balaban J connectivity index is 2.60. The SMILES string of the molecule is COc1cccc(CC(N)C(=O)CC(C)C)c1. The molecule has 0 aliphatic rings. The fourth-order valence-corrected chi connectivity index (χ4v) is 1.72. The third-order valence-corrected chi connectivity index (χ3v) is 2.61. The number of methoxy groups -OCH3 is 1. The highest BCUT2D eigenvalue weighted by Gasteiger charge is 2.15. The molecular formula is C14H21NO2. The third-order valence-electron chi connectivity index (χ3n) is 2.61. The van der Waals surface area contributed by atoms with Crippen molar-refractivity contribution in [2.24, 2.45) is 11.7 Å². The van der Waals surface area contributed by atoms with Crippen molar-refractivity contribution in [2.75, 3.05) is 7.11 Å². The largest absolute Gasteiger partial charge is 0.497 e. The Hall–Kier alpha value is -1.35. The van der Waals surface area contributed by atoms with Gasteiger partial charge in [-0.15, -0.1) is 0 Å². The molecule has 0 radical (unpaired) electrons. The lowest BCUT2D eigenvalue weighted by Crippen LogP contribution is -2.33. The van der Waals surface area contributed by atoms with Gasteiger partial charge in [-0.25, -0.2) is 0 Å². The molecule has 0 aliphatic carbocycles. The van der Waals surface area contributed by atoms with E-state index in [1.54, 1.807) is 7.11 Å². The summed E-state index contributed by atoms with van der Waals surface area (Å²) in [4.78, 5) is 11.8. The Morgan fingerprint density at radius 2 is 2.12 bits per heavy atom. The van der Waals surface area contributed by atoms with Gasteiger partial charge in [-0.2, -0.15) is 0 Å². The second-order valence-corrected chi connectivity index (χ2v) is 4.73. The number of hydrogen-bond acceptors (Lipinski definition) is 3. The molecule has 1 aromatic carbocycles. The van der Waals surface area contributed by atoms with Crippen molar-refractivity contribution in [2.45, 2.75) is 32.7 Å². The van der Waals surface area contributed by atoms with Crippen LogP contribution in [0.3, 0.4) is 0 Å². The van der Waals surface area contributed by atoms with Crippen LogP contribution in [0.1, 0.15) is 25.8 Å². The van der Waals surface area contributed by atoms with Crippen molar-refractivity contribution >= 4 is 5.78 Å². The molecule has 0 heterocycles. The van der Waals surface area contributed by atoms with Crippen LogP contribution in [0, 0.1) is 5.92 Å². The molecule has 2 N–H and O–H groups in total. The molecule has 17 heavy (non-hydrogen) atoms. The molecule has 1 unspecified atom stereocenters. The average Bonchev–Trinajstić information content (AvgIpc) is 2.28. The van der Waals surface area contributed by atoms with E-state index in [2.05, 4.69) is 0 Å². The van der Waals surface area contributed by atoms with E-state index < -0.39 is 6.04 Å². The molecule has 3 heteroatoms. The van der Waals surface area contributed by atoms with Gasteiger partial charge in [0.05, 0.1) is 13.2 Å². The molecule has 1 aromatic rings. The summed E-state index contributed by atoms with van der Waals surface area (Å²) in [5, 5.41) is 0. The average molecular weight is 235 g/mol. The van der Waals surface area contributed by atoms with E-state index in [-0.39, 0.29) is 5.78 Å². The minimum atomic E-state index is -0.412. The summed E-state index contributed by atoms with van der Waals surface area (Å²) in [6, 6.07) is 7.26. The summed E-state index contributed by atoms with van der Waals surface area (Å²) in [6.07, 6.45) is 1.12. The lowest BCUT2D eigenvalue weighted by atomic mass is 9.97. The van der Waals surface area contributed by atoms with Crippen LogP contribution >= 0.6 is 0 Å². The fourth-order valence-electron chi connectivity index (χ4n) is 1.72. The molecule has 94 valence electrons. The summed E-state index contributed by atoms with van der Waals surface area (Å²) in [5.41, 5.74) is 6.93. The first kappa shape index (κ1) is 13.7. The minimum Gasteiger partial charge on any atom is -0.497 e. The second kappa shape index (κ2) is 6.40. The minimum absolute atomic E-state index is 0.128. The standard InChI is InChI=1S/C14H21NO2/c1-10(2)7-14(16)13(15)9-11-5-4-6-12(8-11)17-3/h4-6,8,10,13H,7,9,15H2,1-3H3. The molecule has 0 spiro atoms. The van der Waals surface area contributed by atoms with E-state index in [4.69, 9.17) is 10.5 Å².